The average molecular weight is 444 g/mol. The lowest BCUT2D eigenvalue weighted by Crippen LogP contribution is -2.53. The number of ether oxygens (including phenoxy) is 1. The van der Waals surface area contributed by atoms with E-state index in [0.29, 0.717) is 18.1 Å². The zero-order valence-corrected chi connectivity index (χ0v) is 17.5. The fourth-order valence-electron chi connectivity index (χ4n) is 4.74. The van der Waals surface area contributed by atoms with E-state index in [1.54, 1.807) is 0 Å². The average Bonchev–Trinajstić information content (AvgIpc) is 3.27. The number of aromatic amines is 1. The van der Waals surface area contributed by atoms with E-state index in [0.717, 1.165) is 62.2 Å². The van der Waals surface area contributed by atoms with Gasteiger partial charge in [0.25, 0.3) is 0 Å². The van der Waals surface area contributed by atoms with Gasteiger partial charge >= 0.3 is 12.3 Å². The Labute approximate surface area is 178 Å². The van der Waals surface area contributed by atoms with Crippen LogP contribution in [0.2, 0.25) is 5.02 Å². The van der Waals surface area contributed by atoms with E-state index in [-0.39, 0.29) is 5.54 Å². The summed E-state index contributed by atoms with van der Waals surface area (Å²) in [4.78, 5) is 19.3. The van der Waals surface area contributed by atoms with Crippen molar-refractivity contribution in [3.8, 4) is 0 Å². The summed E-state index contributed by atoms with van der Waals surface area (Å²) >= 11 is 6.42. The van der Waals surface area contributed by atoms with Crippen LogP contribution in [0.5, 0.6) is 0 Å². The molecule has 2 aliphatic rings. The predicted octanol–water partition coefficient (Wildman–Crippen LogP) is 5.34. The van der Waals surface area contributed by atoms with Crippen molar-refractivity contribution in [3.63, 3.8) is 0 Å². The molecule has 30 heavy (non-hydrogen) atoms. The van der Waals surface area contributed by atoms with Crippen LogP contribution in [0.4, 0.5) is 18.0 Å². The van der Waals surface area contributed by atoms with Gasteiger partial charge in [-0.25, -0.2) is 4.79 Å². The van der Waals surface area contributed by atoms with E-state index < -0.39 is 18.4 Å². The first-order valence-corrected chi connectivity index (χ1v) is 10.6. The van der Waals surface area contributed by atoms with Gasteiger partial charge in [0.1, 0.15) is 0 Å². The van der Waals surface area contributed by atoms with Crippen molar-refractivity contribution in [2.24, 2.45) is 0 Å². The summed E-state index contributed by atoms with van der Waals surface area (Å²) in [5.74, 6) is 0. The van der Waals surface area contributed by atoms with Crippen molar-refractivity contribution in [2.45, 2.75) is 57.0 Å². The Morgan fingerprint density at radius 3 is 2.70 bits per heavy atom. The molecule has 1 spiro atoms. The standard InChI is InChI=1S/C21H25ClF3N3O2/c1-14(21(23,24)25)30-19(29)27-10-7-20(8-11-27)6-3-9-28(20)13-15-12-26-17-5-2-4-16(22)18(15)17/h2,4-5,12,14,26H,3,6-11,13H2,1H3. The third kappa shape index (κ3) is 3.99. The number of nitrogens with zero attached hydrogens (tertiary/aromatic N) is 2. The highest BCUT2D eigenvalue weighted by Gasteiger charge is 2.45. The van der Waals surface area contributed by atoms with Gasteiger partial charge in [-0.3, -0.25) is 4.90 Å². The quantitative estimate of drug-likeness (QED) is 0.696. The second kappa shape index (κ2) is 7.96. The lowest BCUT2D eigenvalue weighted by atomic mass is 9.85. The third-order valence-electron chi connectivity index (χ3n) is 6.53. The number of carbonyl (C=O) groups is 1. The molecule has 164 valence electrons. The Bertz CT molecular complexity index is 922. The lowest BCUT2D eigenvalue weighted by molar-refractivity contribution is -0.200. The number of aromatic nitrogens is 1. The molecular formula is C21H25ClF3N3O2. The SMILES string of the molecule is CC(OC(=O)N1CCC2(CCCN2Cc2c[nH]c3cccc(Cl)c23)CC1)C(F)(F)F. The molecule has 0 radical (unpaired) electrons. The number of alkyl halides is 3. The monoisotopic (exact) mass is 443 g/mol. The number of hydrogen-bond donors (Lipinski definition) is 1. The highest BCUT2D eigenvalue weighted by Crippen LogP contribution is 2.40. The van der Waals surface area contributed by atoms with Crippen LogP contribution in [0.3, 0.4) is 0 Å². The van der Waals surface area contributed by atoms with Crippen LogP contribution in [-0.2, 0) is 11.3 Å². The highest BCUT2D eigenvalue weighted by atomic mass is 35.5. The number of likely N-dealkylation sites (tertiary alicyclic amines) is 2. The molecule has 3 heterocycles. The fraction of sp³-hybridized carbons (Fsp3) is 0.571. The molecule has 1 unspecified atom stereocenters. The van der Waals surface area contributed by atoms with Crippen LogP contribution in [0.25, 0.3) is 10.9 Å². The van der Waals surface area contributed by atoms with Gasteiger partial charge in [-0.1, -0.05) is 17.7 Å². The smallest absolute Gasteiger partial charge is 0.425 e. The molecule has 1 aromatic carbocycles. The van der Waals surface area contributed by atoms with Gasteiger partial charge in [0.2, 0.25) is 0 Å². The van der Waals surface area contributed by atoms with Gasteiger partial charge in [0, 0.05) is 42.3 Å². The van der Waals surface area contributed by atoms with E-state index in [1.165, 1.54) is 4.90 Å². The lowest BCUT2D eigenvalue weighted by Gasteiger charge is -2.45. The molecule has 9 heteroatoms. The summed E-state index contributed by atoms with van der Waals surface area (Å²) < 4.78 is 42.6. The van der Waals surface area contributed by atoms with Crippen LogP contribution < -0.4 is 0 Å². The minimum Gasteiger partial charge on any atom is -0.437 e. The Kier molecular flexibility index (Phi) is 5.66. The van der Waals surface area contributed by atoms with Crippen molar-refractivity contribution in [3.05, 3.63) is 35.0 Å². The zero-order valence-electron chi connectivity index (χ0n) is 16.8. The molecule has 1 aromatic heterocycles. The van der Waals surface area contributed by atoms with Crippen molar-refractivity contribution in [1.29, 1.82) is 0 Å². The summed E-state index contributed by atoms with van der Waals surface area (Å²) in [6.07, 6.45) is -2.02. The maximum Gasteiger partial charge on any atom is 0.425 e. The van der Waals surface area contributed by atoms with Crippen LogP contribution in [0.1, 0.15) is 38.2 Å². The maximum absolute atomic E-state index is 12.7. The van der Waals surface area contributed by atoms with Gasteiger partial charge in [0.05, 0.1) is 5.02 Å². The van der Waals surface area contributed by atoms with Gasteiger partial charge in [-0.2, -0.15) is 13.2 Å². The number of fused-ring (bicyclic) bond motifs is 1. The summed E-state index contributed by atoms with van der Waals surface area (Å²) in [6.45, 7) is 3.35. The molecule has 1 N–H and O–H groups in total. The Hall–Kier alpha value is -1.93. The largest absolute Gasteiger partial charge is 0.437 e. The Balaban J connectivity index is 1.42. The number of rotatable bonds is 3. The molecule has 2 fully saturated rings. The van der Waals surface area contributed by atoms with Crippen LogP contribution in [-0.4, -0.2) is 58.3 Å². The fourth-order valence-corrected chi connectivity index (χ4v) is 5.04. The van der Waals surface area contributed by atoms with Crippen LogP contribution in [0.15, 0.2) is 24.4 Å². The van der Waals surface area contributed by atoms with Crippen molar-refractivity contribution < 1.29 is 22.7 Å². The van der Waals surface area contributed by atoms with Crippen molar-refractivity contribution in [2.75, 3.05) is 19.6 Å². The molecule has 1 amide bonds. The van der Waals surface area contributed by atoms with E-state index in [4.69, 9.17) is 11.6 Å². The number of halogens is 4. The first-order chi connectivity index (χ1) is 14.2. The molecule has 2 saturated heterocycles. The summed E-state index contributed by atoms with van der Waals surface area (Å²) in [5, 5.41) is 1.75. The van der Waals surface area contributed by atoms with Gasteiger partial charge in [-0.05, 0) is 56.8 Å². The normalized spacial score (nSPS) is 20.8. The summed E-state index contributed by atoms with van der Waals surface area (Å²) in [6, 6.07) is 5.79. The van der Waals surface area contributed by atoms with E-state index >= 15 is 0 Å². The van der Waals surface area contributed by atoms with E-state index in [2.05, 4.69) is 14.6 Å². The Morgan fingerprint density at radius 1 is 1.27 bits per heavy atom. The van der Waals surface area contributed by atoms with E-state index in [1.807, 2.05) is 24.4 Å². The minimum atomic E-state index is -4.55. The van der Waals surface area contributed by atoms with Crippen LogP contribution in [0, 0.1) is 0 Å². The van der Waals surface area contributed by atoms with Gasteiger partial charge in [-0.15, -0.1) is 0 Å². The molecular weight excluding hydrogens is 419 g/mol. The molecule has 2 aromatic rings. The maximum atomic E-state index is 12.7. The number of benzene rings is 1. The first kappa shape index (κ1) is 21.3. The van der Waals surface area contributed by atoms with E-state index in [9.17, 15) is 18.0 Å². The molecule has 0 bridgehead atoms. The Morgan fingerprint density at radius 2 is 2.00 bits per heavy atom. The number of amides is 1. The molecule has 0 saturated carbocycles. The number of nitrogens with one attached hydrogen (secondary N) is 1. The van der Waals surface area contributed by atoms with Crippen LogP contribution >= 0.6 is 11.6 Å². The molecule has 4 rings (SSSR count). The van der Waals surface area contributed by atoms with Crippen molar-refractivity contribution >= 4 is 28.6 Å². The summed E-state index contributed by atoms with van der Waals surface area (Å²) in [7, 11) is 0. The third-order valence-corrected chi connectivity index (χ3v) is 6.84. The number of piperidine rings is 1. The predicted molar refractivity (Wildman–Crippen MR) is 108 cm³/mol. The van der Waals surface area contributed by atoms with Gasteiger partial charge < -0.3 is 14.6 Å². The minimum absolute atomic E-state index is 0.0444. The molecule has 5 nitrogen and oxygen atoms in total. The zero-order chi connectivity index (χ0) is 21.5. The highest BCUT2D eigenvalue weighted by molar-refractivity contribution is 6.35. The van der Waals surface area contributed by atoms with Gasteiger partial charge in [0.15, 0.2) is 6.10 Å². The number of H-pyrrole nitrogens is 1. The summed E-state index contributed by atoms with van der Waals surface area (Å²) in [5.41, 5.74) is 2.09. The van der Waals surface area contributed by atoms with Crippen molar-refractivity contribution in [1.82, 2.24) is 14.8 Å². The molecule has 1 atom stereocenters. The molecule has 2 aliphatic heterocycles. The second-order valence-corrected chi connectivity index (χ2v) is 8.69. The second-order valence-electron chi connectivity index (χ2n) is 8.28. The number of hydrogen-bond acceptors (Lipinski definition) is 3. The first-order valence-electron chi connectivity index (χ1n) is 10.2. The topological polar surface area (TPSA) is 48.6 Å². The number of carbonyl (C=O) groups excluding carboxylic acids is 1. The molecule has 0 aliphatic carbocycles.